The van der Waals surface area contributed by atoms with Crippen LogP contribution in [0, 0.1) is 5.41 Å². The molecule has 0 amide bonds. The lowest BCUT2D eigenvalue weighted by molar-refractivity contribution is 0.0597. The third-order valence-corrected chi connectivity index (χ3v) is 5.00. The zero-order valence-corrected chi connectivity index (χ0v) is 13.8. The Labute approximate surface area is 142 Å². The fourth-order valence-corrected chi connectivity index (χ4v) is 3.88. The van der Waals surface area contributed by atoms with E-state index in [-0.39, 0.29) is 5.41 Å². The first-order valence-corrected chi connectivity index (χ1v) is 8.58. The van der Waals surface area contributed by atoms with Gasteiger partial charge in [-0.3, -0.25) is 4.98 Å². The van der Waals surface area contributed by atoms with E-state index >= 15 is 0 Å². The highest BCUT2D eigenvalue weighted by atomic mass is 16.5. The fourth-order valence-electron chi connectivity index (χ4n) is 3.88. The number of anilines is 2. The van der Waals surface area contributed by atoms with Gasteiger partial charge in [0.1, 0.15) is 12.1 Å². The lowest BCUT2D eigenvalue weighted by Gasteiger charge is -2.44. The topological polar surface area (TPSA) is 54.4 Å². The maximum absolute atomic E-state index is 6.00. The van der Waals surface area contributed by atoms with Crippen molar-refractivity contribution in [1.82, 2.24) is 15.0 Å². The van der Waals surface area contributed by atoms with Crippen LogP contribution in [0.25, 0.3) is 0 Å². The molecular formula is C18H23N5O. The Kier molecular flexibility index (Phi) is 4.30. The summed E-state index contributed by atoms with van der Waals surface area (Å²) in [7, 11) is 0. The van der Waals surface area contributed by atoms with E-state index in [2.05, 4.69) is 30.8 Å². The lowest BCUT2D eigenvalue weighted by atomic mass is 9.80. The number of pyridine rings is 1. The van der Waals surface area contributed by atoms with Crippen LogP contribution >= 0.6 is 0 Å². The van der Waals surface area contributed by atoms with Crippen LogP contribution < -0.4 is 9.80 Å². The van der Waals surface area contributed by atoms with Gasteiger partial charge < -0.3 is 14.5 Å². The second-order valence-electron chi connectivity index (χ2n) is 6.78. The summed E-state index contributed by atoms with van der Waals surface area (Å²) in [5, 5.41) is 0. The van der Waals surface area contributed by atoms with Crippen molar-refractivity contribution in [3.63, 3.8) is 0 Å². The molecule has 0 saturated carbocycles. The summed E-state index contributed by atoms with van der Waals surface area (Å²) in [4.78, 5) is 17.5. The molecule has 2 saturated heterocycles. The highest BCUT2D eigenvalue weighted by Gasteiger charge is 2.39. The molecule has 0 radical (unpaired) electrons. The molecule has 2 fully saturated rings. The number of piperidine rings is 1. The monoisotopic (exact) mass is 325 g/mol. The number of hydrogen-bond donors (Lipinski definition) is 0. The van der Waals surface area contributed by atoms with E-state index in [0.717, 1.165) is 51.6 Å². The van der Waals surface area contributed by atoms with Crippen LogP contribution in [0.4, 0.5) is 11.5 Å². The molecule has 0 bridgehead atoms. The van der Waals surface area contributed by atoms with Crippen LogP contribution in [0.15, 0.2) is 43.1 Å². The van der Waals surface area contributed by atoms with Crippen molar-refractivity contribution in [2.24, 2.45) is 5.41 Å². The van der Waals surface area contributed by atoms with Crippen LogP contribution in [0.5, 0.6) is 0 Å². The second-order valence-corrected chi connectivity index (χ2v) is 6.78. The van der Waals surface area contributed by atoms with E-state index < -0.39 is 0 Å². The minimum absolute atomic E-state index is 0.134. The molecule has 4 rings (SSSR count). The first kappa shape index (κ1) is 15.3. The Morgan fingerprint density at radius 2 is 2.00 bits per heavy atom. The van der Waals surface area contributed by atoms with Crippen molar-refractivity contribution >= 4 is 11.5 Å². The molecule has 2 aliphatic heterocycles. The van der Waals surface area contributed by atoms with Gasteiger partial charge >= 0.3 is 0 Å². The summed E-state index contributed by atoms with van der Waals surface area (Å²) in [6.07, 6.45) is 9.56. The summed E-state index contributed by atoms with van der Waals surface area (Å²) >= 11 is 0. The Balaban J connectivity index is 1.56. The summed E-state index contributed by atoms with van der Waals surface area (Å²) in [5.74, 6) is 1.02. The third kappa shape index (κ3) is 3.19. The standard InChI is InChI=1S/C18H23N5O/c1-3-16(11-19-6-1)22-9-10-24-14-18(12-22)5-2-8-23(13-18)17-4-7-20-15-21-17/h1,3-4,6-7,11,15H,2,5,8-10,12-14H2. The van der Waals surface area contributed by atoms with Gasteiger partial charge in [0.15, 0.2) is 0 Å². The predicted molar refractivity (Wildman–Crippen MR) is 93.2 cm³/mol. The van der Waals surface area contributed by atoms with Gasteiger partial charge in [-0.25, -0.2) is 9.97 Å². The van der Waals surface area contributed by atoms with E-state index in [1.54, 1.807) is 6.33 Å². The van der Waals surface area contributed by atoms with E-state index in [9.17, 15) is 0 Å². The van der Waals surface area contributed by atoms with Gasteiger partial charge in [0, 0.05) is 44.0 Å². The van der Waals surface area contributed by atoms with Crippen molar-refractivity contribution < 1.29 is 4.74 Å². The van der Waals surface area contributed by atoms with Gasteiger partial charge in [-0.2, -0.15) is 0 Å². The number of rotatable bonds is 2. The molecule has 1 atom stereocenters. The van der Waals surface area contributed by atoms with Gasteiger partial charge in [-0.05, 0) is 31.0 Å². The first-order chi connectivity index (χ1) is 11.8. The molecule has 0 N–H and O–H groups in total. The van der Waals surface area contributed by atoms with Crippen molar-refractivity contribution in [2.45, 2.75) is 12.8 Å². The quantitative estimate of drug-likeness (QED) is 0.842. The number of aromatic nitrogens is 3. The van der Waals surface area contributed by atoms with Crippen molar-refractivity contribution in [3.05, 3.63) is 43.1 Å². The SMILES string of the molecule is c1cncc(N2CCOCC3(CCCN(c4ccncn4)C3)C2)c1. The van der Waals surface area contributed by atoms with Gasteiger partial charge in [-0.1, -0.05) is 0 Å². The third-order valence-electron chi connectivity index (χ3n) is 5.00. The van der Waals surface area contributed by atoms with Crippen LogP contribution in [0.2, 0.25) is 0 Å². The summed E-state index contributed by atoms with van der Waals surface area (Å²) < 4.78 is 6.00. The first-order valence-electron chi connectivity index (χ1n) is 8.58. The molecule has 6 nitrogen and oxygen atoms in total. The Morgan fingerprint density at radius 1 is 1.04 bits per heavy atom. The Hall–Kier alpha value is -2.21. The van der Waals surface area contributed by atoms with Crippen LogP contribution in [0.3, 0.4) is 0 Å². The normalized spacial score (nSPS) is 24.8. The zero-order valence-electron chi connectivity index (χ0n) is 13.8. The smallest absolute Gasteiger partial charge is 0.131 e. The van der Waals surface area contributed by atoms with Crippen molar-refractivity contribution in [3.8, 4) is 0 Å². The second kappa shape index (κ2) is 6.73. The minimum atomic E-state index is 0.134. The molecule has 6 heteroatoms. The van der Waals surface area contributed by atoms with Gasteiger partial charge in [0.05, 0.1) is 25.1 Å². The number of nitrogens with zero attached hydrogens (tertiary/aromatic N) is 5. The minimum Gasteiger partial charge on any atom is -0.379 e. The van der Waals surface area contributed by atoms with Crippen molar-refractivity contribution in [1.29, 1.82) is 0 Å². The Morgan fingerprint density at radius 3 is 2.83 bits per heavy atom. The highest BCUT2D eigenvalue weighted by molar-refractivity contribution is 5.45. The molecule has 4 heterocycles. The number of hydrogen-bond acceptors (Lipinski definition) is 6. The van der Waals surface area contributed by atoms with E-state index in [1.165, 1.54) is 12.1 Å². The van der Waals surface area contributed by atoms with Crippen LogP contribution in [-0.2, 0) is 4.74 Å². The predicted octanol–water partition coefficient (Wildman–Crippen LogP) is 2.00. The summed E-state index contributed by atoms with van der Waals surface area (Å²) in [5.41, 5.74) is 1.32. The summed E-state index contributed by atoms with van der Waals surface area (Å²) in [6.45, 7) is 5.52. The maximum atomic E-state index is 6.00. The molecule has 1 spiro atoms. The Bertz CT molecular complexity index is 653. The van der Waals surface area contributed by atoms with Crippen molar-refractivity contribution in [2.75, 3.05) is 49.2 Å². The average Bonchev–Trinajstić information content (AvgIpc) is 2.86. The molecular weight excluding hydrogens is 302 g/mol. The van der Waals surface area contributed by atoms with Gasteiger partial charge in [0.2, 0.25) is 0 Å². The van der Waals surface area contributed by atoms with E-state index in [1.807, 2.05) is 30.7 Å². The van der Waals surface area contributed by atoms with Gasteiger partial charge in [0.25, 0.3) is 0 Å². The maximum Gasteiger partial charge on any atom is 0.131 e. The van der Waals surface area contributed by atoms with Crippen LogP contribution in [0.1, 0.15) is 12.8 Å². The van der Waals surface area contributed by atoms with Crippen LogP contribution in [-0.4, -0.2) is 54.3 Å². The molecule has 2 aromatic rings. The molecule has 0 aromatic carbocycles. The molecule has 2 aromatic heterocycles. The molecule has 24 heavy (non-hydrogen) atoms. The van der Waals surface area contributed by atoms with Gasteiger partial charge in [-0.15, -0.1) is 0 Å². The summed E-state index contributed by atoms with van der Waals surface area (Å²) in [6, 6.07) is 6.13. The lowest BCUT2D eigenvalue weighted by Crippen LogP contribution is -2.51. The largest absolute Gasteiger partial charge is 0.379 e. The van der Waals surface area contributed by atoms with E-state index in [4.69, 9.17) is 4.74 Å². The number of ether oxygens (including phenoxy) is 1. The average molecular weight is 325 g/mol. The zero-order chi connectivity index (χ0) is 16.2. The highest BCUT2D eigenvalue weighted by Crippen LogP contribution is 2.35. The fraction of sp³-hybridized carbons (Fsp3) is 0.500. The van der Waals surface area contributed by atoms with E-state index in [0.29, 0.717) is 0 Å². The molecule has 1 unspecified atom stereocenters. The molecule has 0 aliphatic carbocycles. The molecule has 2 aliphatic rings. The molecule has 126 valence electrons.